The molecule has 1 atom stereocenters. The molecule has 7 heteroatoms. The Morgan fingerprint density at radius 3 is 2.89 bits per heavy atom. The summed E-state index contributed by atoms with van der Waals surface area (Å²) in [5.74, 6) is -0.429. The zero-order valence-electron chi connectivity index (χ0n) is 9.99. The average Bonchev–Trinajstić information content (AvgIpc) is 2.68. The predicted molar refractivity (Wildman–Crippen MR) is 72.2 cm³/mol. The second kappa shape index (κ2) is 4.20. The van der Waals surface area contributed by atoms with Crippen LogP contribution in [0.25, 0.3) is 5.70 Å². The van der Waals surface area contributed by atoms with Gasteiger partial charge in [0.05, 0.1) is 10.9 Å². The lowest BCUT2D eigenvalue weighted by molar-refractivity contribution is -0.124. The number of phenolic OH excluding ortho intramolecular Hbond substituents is 2. The first-order chi connectivity index (χ1) is 9.06. The first-order valence-electron chi connectivity index (χ1n) is 5.64. The van der Waals surface area contributed by atoms with Crippen LogP contribution in [0.3, 0.4) is 0 Å². The van der Waals surface area contributed by atoms with Crippen molar-refractivity contribution in [3.05, 3.63) is 30.0 Å². The molecule has 2 aliphatic heterocycles. The van der Waals surface area contributed by atoms with Gasteiger partial charge in [-0.05, 0) is 25.1 Å². The number of benzene rings is 1. The minimum atomic E-state index is -0.217. The molecule has 1 aromatic carbocycles. The summed E-state index contributed by atoms with van der Waals surface area (Å²) in [6.07, 6.45) is 1.65. The maximum Gasteiger partial charge on any atom is 0.246 e. The van der Waals surface area contributed by atoms with Gasteiger partial charge in [-0.1, -0.05) is 11.8 Å². The van der Waals surface area contributed by atoms with E-state index in [4.69, 9.17) is 0 Å². The predicted octanol–water partition coefficient (Wildman–Crippen LogP) is 1.23. The fourth-order valence-electron chi connectivity index (χ4n) is 1.85. The number of thioether (sulfide) groups is 1. The molecule has 2 heterocycles. The molecule has 3 N–H and O–H groups in total. The lowest BCUT2D eigenvalue weighted by Gasteiger charge is -2.19. The lowest BCUT2D eigenvalue weighted by atomic mass is 10.1. The summed E-state index contributed by atoms with van der Waals surface area (Å²) < 4.78 is 0. The molecule has 1 fully saturated rings. The van der Waals surface area contributed by atoms with Crippen LogP contribution in [0, 0.1) is 0 Å². The van der Waals surface area contributed by atoms with Crippen LogP contribution >= 0.6 is 11.8 Å². The topological polar surface area (TPSA) is 85.2 Å². The summed E-state index contributed by atoms with van der Waals surface area (Å²) in [7, 11) is 0. The number of nitrogens with one attached hydrogen (secondary N) is 1. The van der Waals surface area contributed by atoms with E-state index in [0.717, 1.165) is 0 Å². The molecule has 1 amide bonds. The Morgan fingerprint density at radius 2 is 2.16 bits per heavy atom. The van der Waals surface area contributed by atoms with Crippen LogP contribution in [0.1, 0.15) is 12.5 Å². The van der Waals surface area contributed by atoms with Crippen LogP contribution in [0.15, 0.2) is 29.5 Å². The van der Waals surface area contributed by atoms with Gasteiger partial charge in [-0.2, -0.15) is 0 Å². The van der Waals surface area contributed by atoms with Crippen molar-refractivity contribution in [2.24, 2.45) is 5.10 Å². The number of fused-ring (bicyclic) bond motifs is 1. The van der Waals surface area contributed by atoms with Crippen LogP contribution in [-0.4, -0.2) is 31.4 Å². The van der Waals surface area contributed by atoms with Crippen molar-refractivity contribution >= 4 is 28.5 Å². The number of hydrogen-bond donors (Lipinski definition) is 3. The molecular formula is C12H11N3O3S. The Kier molecular flexibility index (Phi) is 2.63. The highest BCUT2D eigenvalue weighted by atomic mass is 32.2. The SMILES string of the molecule is C[C@H]1SC2=NNC(c3ccc(O)c(O)c3)=CN2C1=O. The van der Waals surface area contributed by atoms with Crippen molar-refractivity contribution < 1.29 is 15.0 Å². The van der Waals surface area contributed by atoms with Crippen LogP contribution in [0.2, 0.25) is 0 Å². The minimum absolute atomic E-state index is 0.0225. The molecule has 0 bridgehead atoms. The Labute approximate surface area is 113 Å². The number of carbonyl (C=O) groups is 1. The number of amides is 1. The van der Waals surface area contributed by atoms with Gasteiger partial charge in [-0.3, -0.25) is 15.1 Å². The Bertz CT molecular complexity index is 627. The number of rotatable bonds is 1. The molecule has 0 aliphatic carbocycles. The van der Waals surface area contributed by atoms with E-state index < -0.39 is 0 Å². The number of phenols is 2. The second-order valence-electron chi connectivity index (χ2n) is 4.22. The van der Waals surface area contributed by atoms with Crippen LogP contribution in [0.5, 0.6) is 11.5 Å². The van der Waals surface area contributed by atoms with Gasteiger partial charge in [0, 0.05) is 11.8 Å². The molecule has 0 radical (unpaired) electrons. The van der Waals surface area contributed by atoms with Crippen LogP contribution in [0.4, 0.5) is 0 Å². The summed E-state index contributed by atoms with van der Waals surface area (Å²) in [5, 5.41) is 23.4. The van der Waals surface area contributed by atoms with Crippen molar-refractivity contribution in [3.63, 3.8) is 0 Å². The molecule has 0 unspecified atom stereocenters. The Balaban J connectivity index is 1.95. The third-order valence-corrected chi connectivity index (χ3v) is 3.94. The standard InChI is InChI=1S/C12H11N3O3S/c1-6-11(18)15-5-8(13-14-12(15)19-6)7-2-3-9(16)10(17)4-7/h2-6,13,16-17H,1H3/t6-/m1/s1. The smallest absolute Gasteiger partial charge is 0.246 e. The monoisotopic (exact) mass is 277 g/mol. The molecular weight excluding hydrogens is 266 g/mol. The highest BCUT2D eigenvalue weighted by molar-refractivity contribution is 8.15. The maximum absolute atomic E-state index is 11.9. The van der Waals surface area contributed by atoms with Gasteiger partial charge >= 0.3 is 0 Å². The first kappa shape index (κ1) is 11.9. The first-order valence-corrected chi connectivity index (χ1v) is 6.52. The number of amidine groups is 1. The van der Waals surface area contributed by atoms with Crippen molar-refractivity contribution in [2.45, 2.75) is 12.2 Å². The molecule has 3 rings (SSSR count). The summed E-state index contributed by atoms with van der Waals surface area (Å²) >= 11 is 1.39. The van der Waals surface area contributed by atoms with E-state index in [-0.39, 0.29) is 22.7 Å². The van der Waals surface area contributed by atoms with E-state index in [1.54, 1.807) is 12.3 Å². The highest BCUT2D eigenvalue weighted by Crippen LogP contribution is 2.32. The van der Waals surface area contributed by atoms with E-state index in [0.29, 0.717) is 16.4 Å². The fraction of sp³-hybridized carbons (Fsp3) is 0.167. The van der Waals surface area contributed by atoms with Crippen molar-refractivity contribution in [1.82, 2.24) is 10.3 Å². The Hall–Kier alpha value is -2.15. The molecule has 1 saturated heterocycles. The molecule has 6 nitrogen and oxygen atoms in total. The third-order valence-electron chi connectivity index (χ3n) is 2.89. The molecule has 19 heavy (non-hydrogen) atoms. The van der Waals surface area contributed by atoms with Crippen LogP contribution < -0.4 is 5.43 Å². The van der Waals surface area contributed by atoms with Gasteiger partial charge in [-0.15, -0.1) is 5.10 Å². The average molecular weight is 277 g/mol. The summed E-state index contributed by atoms with van der Waals surface area (Å²) in [6.45, 7) is 1.83. The fourth-order valence-corrected chi connectivity index (χ4v) is 2.74. The molecule has 2 aliphatic rings. The van der Waals surface area contributed by atoms with Crippen LogP contribution in [-0.2, 0) is 4.79 Å². The molecule has 98 valence electrons. The zero-order chi connectivity index (χ0) is 13.6. The third kappa shape index (κ3) is 1.91. The lowest BCUT2D eigenvalue weighted by Crippen LogP contribution is -2.31. The molecule has 0 saturated carbocycles. The molecule has 0 spiro atoms. The maximum atomic E-state index is 11.9. The van der Waals surface area contributed by atoms with E-state index in [9.17, 15) is 15.0 Å². The van der Waals surface area contributed by atoms with Crippen molar-refractivity contribution in [1.29, 1.82) is 0 Å². The highest BCUT2D eigenvalue weighted by Gasteiger charge is 2.36. The number of aromatic hydroxyl groups is 2. The molecule has 1 aromatic rings. The van der Waals surface area contributed by atoms with Gasteiger partial charge in [0.25, 0.3) is 0 Å². The summed E-state index contributed by atoms with van der Waals surface area (Å²) in [4.78, 5) is 13.4. The number of nitrogens with zero attached hydrogens (tertiary/aromatic N) is 2. The number of hydrogen-bond acceptors (Lipinski definition) is 6. The summed E-state index contributed by atoms with van der Waals surface area (Å²) in [5.41, 5.74) is 4.06. The van der Waals surface area contributed by atoms with Crippen molar-refractivity contribution in [3.8, 4) is 11.5 Å². The van der Waals surface area contributed by atoms with Gasteiger partial charge in [0.2, 0.25) is 5.91 Å². The van der Waals surface area contributed by atoms with Gasteiger partial charge in [-0.25, -0.2) is 0 Å². The quantitative estimate of drug-likeness (QED) is 0.672. The number of carbonyl (C=O) groups excluding carboxylic acids is 1. The Morgan fingerprint density at radius 1 is 1.37 bits per heavy atom. The minimum Gasteiger partial charge on any atom is -0.504 e. The van der Waals surface area contributed by atoms with E-state index in [2.05, 4.69) is 10.5 Å². The summed E-state index contributed by atoms with van der Waals surface area (Å²) in [6, 6.07) is 4.42. The van der Waals surface area contributed by atoms with E-state index >= 15 is 0 Å². The van der Waals surface area contributed by atoms with E-state index in [1.807, 2.05) is 6.92 Å². The van der Waals surface area contributed by atoms with Gasteiger partial charge in [0.15, 0.2) is 16.7 Å². The zero-order valence-corrected chi connectivity index (χ0v) is 10.8. The van der Waals surface area contributed by atoms with E-state index in [1.165, 1.54) is 28.8 Å². The molecule has 0 aromatic heterocycles. The second-order valence-corrected chi connectivity index (χ2v) is 5.53. The number of hydrazone groups is 1. The largest absolute Gasteiger partial charge is 0.504 e. The van der Waals surface area contributed by atoms with Gasteiger partial charge < -0.3 is 10.2 Å². The normalized spacial score (nSPS) is 21.6. The van der Waals surface area contributed by atoms with Gasteiger partial charge in [0.1, 0.15) is 0 Å². The van der Waals surface area contributed by atoms with Crippen molar-refractivity contribution in [2.75, 3.05) is 0 Å².